The highest BCUT2D eigenvalue weighted by Gasteiger charge is 2.10. The topological polar surface area (TPSA) is 93.2 Å². The van der Waals surface area contributed by atoms with Gasteiger partial charge in [0.2, 0.25) is 5.91 Å². The van der Waals surface area contributed by atoms with Gasteiger partial charge in [-0.25, -0.2) is 0 Å². The van der Waals surface area contributed by atoms with Gasteiger partial charge in [-0.1, -0.05) is 0 Å². The van der Waals surface area contributed by atoms with Crippen molar-refractivity contribution < 1.29 is 9.90 Å². The standard InChI is InChI=1S/C10H18N4O2/c1-7-10(11)8(2)14(13-7)6-9(16)12-4-3-5-15/h15H,3-6,11H2,1-2H3,(H,12,16). The van der Waals surface area contributed by atoms with Crippen LogP contribution in [0.4, 0.5) is 5.69 Å². The van der Waals surface area contributed by atoms with Gasteiger partial charge in [-0.05, 0) is 20.3 Å². The Morgan fingerprint density at radius 1 is 1.56 bits per heavy atom. The summed E-state index contributed by atoms with van der Waals surface area (Å²) in [7, 11) is 0. The molecule has 1 aromatic heterocycles. The maximum absolute atomic E-state index is 11.5. The van der Waals surface area contributed by atoms with Crippen molar-refractivity contribution in [3.05, 3.63) is 11.4 Å². The third-order valence-corrected chi connectivity index (χ3v) is 2.39. The van der Waals surface area contributed by atoms with E-state index in [4.69, 9.17) is 10.8 Å². The molecule has 4 N–H and O–H groups in total. The number of rotatable bonds is 5. The monoisotopic (exact) mass is 226 g/mol. The Balaban J connectivity index is 2.53. The van der Waals surface area contributed by atoms with Crippen LogP contribution >= 0.6 is 0 Å². The molecule has 0 unspecified atom stereocenters. The molecule has 90 valence electrons. The SMILES string of the molecule is Cc1nn(CC(=O)NCCCO)c(C)c1N. The number of nitrogens with two attached hydrogens (primary N) is 1. The number of nitrogens with zero attached hydrogens (tertiary/aromatic N) is 2. The van der Waals surface area contributed by atoms with Crippen molar-refractivity contribution in [1.29, 1.82) is 0 Å². The summed E-state index contributed by atoms with van der Waals surface area (Å²) in [5.74, 6) is -0.126. The molecule has 0 fully saturated rings. The highest BCUT2D eigenvalue weighted by Crippen LogP contribution is 2.14. The molecule has 1 heterocycles. The Hall–Kier alpha value is -1.56. The van der Waals surface area contributed by atoms with Crippen molar-refractivity contribution in [2.75, 3.05) is 18.9 Å². The number of aliphatic hydroxyl groups is 1. The summed E-state index contributed by atoms with van der Waals surface area (Å²) in [4.78, 5) is 11.5. The lowest BCUT2D eigenvalue weighted by Gasteiger charge is -2.05. The molecule has 6 nitrogen and oxygen atoms in total. The number of aromatic nitrogens is 2. The molecule has 0 aliphatic rings. The van der Waals surface area contributed by atoms with Crippen LogP contribution in [0.15, 0.2) is 0 Å². The third-order valence-electron chi connectivity index (χ3n) is 2.39. The molecule has 0 atom stereocenters. The molecule has 0 aromatic carbocycles. The Labute approximate surface area is 94.4 Å². The van der Waals surface area contributed by atoms with Crippen LogP contribution in [0.3, 0.4) is 0 Å². The van der Waals surface area contributed by atoms with Crippen molar-refractivity contribution in [3.8, 4) is 0 Å². The fraction of sp³-hybridized carbons (Fsp3) is 0.600. The van der Waals surface area contributed by atoms with Gasteiger partial charge in [-0.3, -0.25) is 9.48 Å². The summed E-state index contributed by atoms with van der Waals surface area (Å²) in [5.41, 5.74) is 7.92. The van der Waals surface area contributed by atoms with Crippen molar-refractivity contribution in [3.63, 3.8) is 0 Å². The van der Waals surface area contributed by atoms with Gasteiger partial charge in [0.1, 0.15) is 6.54 Å². The quantitative estimate of drug-likeness (QED) is 0.594. The first-order valence-electron chi connectivity index (χ1n) is 5.23. The van der Waals surface area contributed by atoms with E-state index in [1.165, 1.54) is 0 Å². The molecule has 0 spiro atoms. The molecule has 0 saturated heterocycles. The molecule has 0 saturated carbocycles. The Morgan fingerprint density at radius 2 is 2.25 bits per heavy atom. The Kier molecular flexibility index (Phi) is 4.30. The molecule has 6 heteroatoms. The van der Waals surface area contributed by atoms with Crippen molar-refractivity contribution in [1.82, 2.24) is 15.1 Å². The van der Waals surface area contributed by atoms with E-state index >= 15 is 0 Å². The van der Waals surface area contributed by atoms with Crippen LogP contribution < -0.4 is 11.1 Å². The summed E-state index contributed by atoms with van der Waals surface area (Å²) in [5, 5.41) is 15.4. The zero-order valence-corrected chi connectivity index (χ0v) is 9.66. The minimum atomic E-state index is -0.126. The van der Waals surface area contributed by atoms with Gasteiger partial charge in [-0.2, -0.15) is 5.10 Å². The summed E-state index contributed by atoms with van der Waals surface area (Å²) in [6.45, 7) is 4.35. The number of anilines is 1. The molecule has 1 rings (SSSR count). The fourth-order valence-corrected chi connectivity index (χ4v) is 1.36. The first kappa shape index (κ1) is 12.5. The maximum atomic E-state index is 11.5. The molecular weight excluding hydrogens is 208 g/mol. The van der Waals surface area contributed by atoms with E-state index in [-0.39, 0.29) is 19.1 Å². The summed E-state index contributed by atoms with van der Waals surface area (Å²) in [6, 6.07) is 0. The van der Waals surface area contributed by atoms with E-state index in [0.717, 1.165) is 11.4 Å². The number of hydrogen-bond acceptors (Lipinski definition) is 4. The Bertz CT molecular complexity index is 373. The second-order valence-electron chi connectivity index (χ2n) is 3.67. The molecule has 1 amide bonds. The van der Waals surface area contributed by atoms with Gasteiger partial charge in [0, 0.05) is 13.2 Å². The summed E-state index contributed by atoms with van der Waals surface area (Å²) < 4.78 is 1.58. The van der Waals surface area contributed by atoms with Gasteiger partial charge >= 0.3 is 0 Å². The van der Waals surface area contributed by atoms with Crippen LogP contribution in [0.5, 0.6) is 0 Å². The Morgan fingerprint density at radius 3 is 2.75 bits per heavy atom. The van der Waals surface area contributed by atoms with E-state index in [0.29, 0.717) is 18.7 Å². The predicted octanol–water partition coefficient (Wildman–Crippen LogP) is -0.419. The number of nitrogens with one attached hydrogen (secondary N) is 1. The largest absolute Gasteiger partial charge is 0.396 e. The number of hydrogen-bond donors (Lipinski definition) is 3. The zero-order chi connectivity index (χ0) is 12.1. The van der Waals surface area contributed by atoms with Gasteiger partial charge in [0.25, 0.3) is 0 Å². The first-order valence-corrected chi connectivity index (χ1v) is 5.23. The molecule has 1 aromatic rings. The van der Waals surface area contributed by atoms with Gasteiger partial charge in [0.15, 0.2) is 0 Å². The number of amides is 1. The molecule has 0 bridgehead atoms. The minimum absolute atomic E-state index is 0.0765. The highest BCUT2D eigenvalue weighted by atomic mass is 16.3. The summed E-state index contributed by atoms with van der Waals surface area (Å²) in [6.07, 6.45) is 0.561. The van der Waals surface area contributed by atoms with Crippen LogP contribution in [0.1, 0.15) is 17.8 Å². The van der Waals surface area contributed by atoms with E-state index < -0.39 is 0 Å². The number of aliphatic hydroxyl groups excluding tert-OH is 1. The third kappa shape index (κ3) is 2.96. The van der Waals surface area contributed by atoms with Gasteiger partial charge in [0.05, 0.1) is 17.1 Å². The van der Waals surface area contributed by atoms with Crippen LogP contribution in [0.2, 0.25) is 0 Å². The van der Waals surface area contributed by atoms with Crippen molar-refractivity contribution >= 4 is 11.6 Å². The van der Waals surface area contributed by atoms with Crippen LogP contribution in [-0.2, 0) is 11.3 Å². The average Bonchev–Trinajstić information content (AvgIpc) is 2.47. The second kappa shape index (κ2) is 5.50. The first-order chi connectivity index (χ1) is 7.56. The molecular formula is C10H18N4O2. The molecule has 0 radical (unpaired) electrons. The lowest BCUT2D eigenvalue weighted by atomic mass is 10.3. The molecule has 0 aliphatic carbocycles. The number of carbonyl (C=O) groups excluding carboxylic acids is 1. The fourth-order valence-electron chi connectivity index (χ4n) is 1.36. The minimum Gasteiger partial charge on any atom is -0.396 e. The van der Waals surface area contributed by atoms with Gasteiger partial charge in [-0.15, -0.1) is 0 Å². The van der Waals surface area contributed by atoms with E-state index in [9.17, 15) is 4.79 Å². The maximum Gasteiger partial charge on any atom is 0.241 e. The normalized spacial score (nSPS) is 10.4. The molecule has 0 aliphatic heterocycles. The second-order valence-corrected chi connectivity index (χ2v) is 3.67. The van der Waals surface area contributed by atoms with E-state index in [2.05, 4.69) is 10.4 Å². The summed E-state index contributed by atoms with van der Waals surface area (Å²) >= 11 is 0. The molecule has 16 heavy (non-hydrogen) atoms. The average molecular weight is 226 g/mol. The van der Waals surface area contributed by atoms with Crippen LogP contribution in [-0.4, -0.2) is 33.9 Å². The lowest BCUT2D eigenvalue weighted by molar-refractivity contribution is -0.121. The number of nitrogen functional groups attached to an aromatic ring is 1. The number of carbonyl (C=O) groups is 1. The van der Waals surface area contributed by atoms with E-state index in [1.807, 2.05) is 13.8 Å². The van der Waals surface area contributed by atoms with Crippen LogP contribution in [0.25, 0.3) is 0 Å². The van der Waals surface area contributed by atoms with E-state index in [1.54, 1.807) is 4.68 Å². The number of aryl methyl sites for hydroxylation is 1. The lowest BCUT2D eigenvalue weighted by Crippen LogP contribution is -2.29. The van der Waals surface area contributed by atoms with Crippen molar-refractivity contribution in [2.45, 2.75) is 26.8 Å². The van der Waals surface area contributed by atoms with Gasteiger partial charge < -0.3 is 16.2 Å². The van der Waals surface area contributed by atoms with Crippen molar-refractivity contribution in [2.24, 2.45) is 0 Å². The predicted molar refractivity (Wildman–Crippen MR) is 60.8 cm³/mol. The van der Waals surface area contributed by atoms with Crippen LogP contribution in [0, 0.1) is 13.8 Å². The smallest absolute Gasteiger partial charge is 0.241 e. The highest BCUT2D eigenvalue weighted by molar-refractivity contribution is 5.75. The zero-order valence-electron chi connectivity index (χ0n) is 9.66.